The molecule has 0 spiro atoms. The van der Waals surface area contributed by atoms with Gasteiger partial charge in [-0.3, -0.25) is 10.1 Å². The average Bonchev–Trinajstić information content (AvgIpc) is 3.34. The standard InChI is InChI=1S/C29H26N6O5S/c30-21-7-3-6-20(15-21)26(17-27(36)37)35-41(39,40)23-13-11-18(12-14-23)19-5-4-8-22(16-19)31-29(38)34-28-32-24-9-1-2-10-25(24)33-28/h1-16,26,35H,17,30H2,(H,36,37)(H3,31,32,33,34,38). The molecule has 0 bridgehead atoms. The number of carboxylic acid groups (broad SMARTS) is 1. The molecule has 12 heteroatoms. The Morgan fingerprint density at radius 3 is 2.37 bits per heavy atom. The fourth-order valence-corrected chi connectivity index (χ4v) is 5.54. The number of carbonyl (C=O) groups is 2. The Bertz CT molecular complexity index is 1800. The normalized spacial score (nSPS) is 12.1. The van der Waals surface area contributed by atoms with Crippen LogP contribution in [0.2, 0.25) is 0 Å². The zero-order valence-electron chi connectivity index (χ0n) is 21.5. The molecule has 11 nitrogen and oxygen atoms in total. The Morgan fingerprint density at radius 2 is 1.63 bits per heavy atom. The molecule has 1 heterocycles. The number of anilines is 3. The van der Waals surface area contributed by atoms with Crippen LogP contribution in [0.15, 0.2) is 102 Å². The first-order chi connectivity index (χ1) is 19.7. The van der Waals surface area contributed by atoms with Crippen molar-refractivity contribution >= 4 is 50.4 Å². The number of rotatable bonds is 9. The molecule has 0 radical (unpaired) electrons. The number of amides is 2. The summed E-state index contributed by atoms with van der Waals surface area (Å²) in [5.74, 6) is -0.846. The van der Waals surface area contributed by atoms with Crippen LogP contribution in [0.25, 0.3) is 22.2 Å². The predicted molar refractivity (Wildman–Crippen MR) is 157 cm³/mol. The monoisotopic (exact) mass is 570 g/mol. The number of benzene rings is 4. The molecule has 0 saturated carbocycles. The summed E-state index contributed by atoms with van der Waals surface area (Å²) in [5.41, 5.74) is 10.1. The van der Waals surface area contributed by atoms with Crippen LogP contribution in [-0.2, 0) is 14.8 Å². The van der Waals surface area contributed by atoms with Crippen molar-refractivity contribution in [2.45, 2.75) is 17.4 Å². The number of nitrogens with zero attached hydrogens (tertiary/aromatic N) is 1. The van der Waals surface area contributed by atoms with E-state index in [4.69, 9.17) is 5.73 Å². The SMILES string of the molecule is Nc1cccc(C(CC(=O)O)NS(=O)(=O)c2ccc(-c3cccc(NC(=O)Nc4nc5ccccc5[nH]4)c3)cc2)c1. The number of sulfonamides is 1. The molecule has 7 N–H and O–H groups in total. The van der Waals surface area contributed by atoms with E-state index in [2.05, 4.69) is 25.3 Å². The van der Waals surface area contributed by atoms with E-state index >= 15 is 0 Å². The number of nitrogens with one attached hydrogen (secondary N) is 4. The number of urea groups is 1. The number of carboxylic acids is 1. The summed E-state index contributed by atoms with van der Waals surface area (Å²) >= 11 is 0. The number of para-hydroxylation sites is 2. The lowest BCUT2D eigenvalue weighted by Crippen LogP contribution is -2.30. The summed E-state index contributed by atoms with van der Waals surface area (Å²) < 4.78 is 28.7. The molecule has 1 unspecified atom stereocenters. The van der Waals surface area contributed by atoms with Gasteiger partial charge in [-0.15, -0.1) is 0 Å². The summed E-state index contributed by atoms with van der Waals surface area (Å²) in [6.45, 7) is 0. The van der Waals surface area contributed by atoms with Crippen LogP contribution in [0, 0.1) is 0 Å². The largest absolute Gasteiger partial charge is 0.481 e. The molecule has 0 aliphatic carbocycles. The molecule has 2 amide bonds. The number of aromatic amines is 1. The fourth-order valence-electron chi connectivity index (χ4n) is 4.32. The average molecular weight is 571 g/mol. The molecular weight excluding hydrogens is 544 g/mol. The Morgan fingerprint density at radius 1 is 0.878 bits per heavy atom. The topological polar surface area (TPSA) is 179 Å². The minimum absolute atomic E-state index is 0.0277. The van der Waals surface area contributed by atoms with E-state index in [0.717, 1.165) is 16.6 Å². The molecule has 0 aliphatic rings. The highest BCUT2D eigenvalue weighted by atomic mass is 32.2. The van der Waals surface area contributed by atoms with Gasteiger partial charge in [-0.2, -0.15) is 0 Å². The van der Waals surface area contributed by atoms with Gasteiger partial charge in [0.25, 0.3) is 0 Å². The van der Waals surface area contributed by atoms with Crippen LogP contribution in [-0.4, -0.2) is 35.5 Å². The maximum Gasteiger partial charge on any atom is 0.326 e. The van der Waals surface area contributed by atoms with E-state index in [1.807, 2.05) is 30.3 Å². The number of nitrogen functional groups attached to an aromatic ring is 1. The highest BCUT2D eigenvalue weighted by Crippen LogP contribution is 2.26. The van der Waals surface area contributed by atoms with Crippen molar-refractivity contribution in [2.75, 3.05) is 16.4 Å². The summed E-state index contributed by atoms with van der Waals surface area (Å²) in [5, 5.41) is 14.8. The summed E-state index contributed by atoms with van der Waals surface area (Å²) in [6.07, 6.45) is -0.454. The smallest absolute Gasteiger partial charge is 0.326 e. The Hall–Kier alpha value is -5.20. The third-order valence-corrected chi connectivity index (χ3v) is 7.72. The van der Waals surface area contributed by atoms with Gasteiger partial charge in [-0.25, -0.2) is 22.9 Å². The van der Waals surface area contributed by atoms with Gasteiger partial charge in [-0.1, -0.05) is 48.5 Å². The molecule has 1 aromatic heterocycles. The number of nitrogens with two attached hydrogens (primary N) is 1. The van der Waals surface area contributed by atoms with Gasteiger partial charge in [0.05, 0.1) is 28.4 Å². The van der Waals surface area contributed by atoms with Gasteiger partial charge in [0.15, 0.2) is 0 Å². The van der Waals surface area contributed by atoms with Crippen molar-refractivity contribution < 1.29 is 23.1 Å². The van der Waals surface area contributed by atoms with Crippen molar-refractivity contribution in [1.82, 2.24) is 14.7 Å². The molecule has 208 valence electrons. The van der Waals surface area contributed by atoms with Crippen molar-refractivity contribution in [3.05, 3.63) is 103 Å². The van der Waals surface area contributed by atoms with Crippen LogP contribution >= 0.6 is 0 Å². The second-order valence-electron chi connectivity index (χ2n) is 9.23. The minimum atomic E-state index is -4.06. The van der Waals surface area contributed by atoms with Crippen LogP contribution in [0.3, 0.4) is 0 Å². The first-order valence-corrected chi connectivity index (χ1v) is 14.0. The molecular formula is C29H26N6O5S. The van der Waals surface area contributed by atoms with Gasteiger partial charge in [-0.05, 0) is 65.2 Å². The fraction of sp³-hybridized carbons (Fsp3) is 0.0690. The number of hydrogen-bond acceptors (Lipinski definition) is 6. The van der Waals surface area contributed by atoms with Crippen molar-refractivity contribution in [2.24, 2.45) is 0 Å². The quantitative estimate of drug-likeness (QED) is 0.136. The molecule has 5 rings (SSSR count). The lowest BCUT2D eigenvalue weighted by molar-refractivity contribution is -0.137. The van der Waals surface area contributed by atoms with E-state index in [0.29, 0.717) is 28.5 Å². The molecule has 1 atom stereocenters. The number of aliphatic carboxylic acids is 1. The van der Waals surface area contributed by atoms with Gasteiger partial charge in [0, 0.05) is 11.4 Å². The maximum atomic E-state index is 13.1. The Labute approximate surface area is 235 Å². The summed E-state index contributed by atoms with van der Waals surface area (Å²) in [6, 6.07) is 25.5. The minimum Gasteiger partial charge on any atom is -0.481 e. The molecule has 0 fully saturated rings. The number of fused-ring (bicyclic) bond motifs is 1. The van der Waals surface area contributed by atoms with Crippen LogP contribution in [0.1, 0.15) is 18.0 Å². The lowest BCUT2D eigenvalue weighted by atomic mass is 10.0. The van der Waals surface area contributed by atoms with Gasteiger partial charge >= 0.3 is 12.0 Å². The van der Waals surface area contributed by atoms with Gasteiger partial charge < -0.3 is 21.1 Å². The first kappa shape index (κ1) is 27.4. The summed E-state index contributed by atoms with van der Waals surface area (Å²) in [4.78, 5) is 31.3. The summed E-state index contributed by atoms with van der Waals surface area (Å²) in [7, 11) is -4.06. The zero-order chi connectivity index (χ0) is 29.0. The van der Waals surface area contributed by atoms with Crippen LogP contribution in [0.5, 0.6) is 0 Å². The third kappa shape index (κ3) is 6.69. The van der Waals surface area contributed by atoms with E-state index < -0.39 is 34.5 Å². The molecule has 0 aliphatic heterocycles. The predicted octanol–water partition coefficient (Wildman–Crippen LogP) is 4.95. The second kappa shape index (κ2) is 11.5. The van der Waals surface area contributed by atoms with Crippen molar-refractivity contribution in [3.63, 3.8) is 0 Å². The van der Waals surface area contributed by atoms with Crippen molar-refractivity contribution in [1.29, 1.82) is 0 Å². The van der Waals surface area contributed by atoms with Crippen LogP contribution in [0.4, 0.5) is 22.1 Å². The molecule has 5 aromatic rings. The first-order valence-electron chi connectivity index (χ1n) is 12.5. The number of carbonyl (C=O) groups excluding carboxylic acids is 1. The van der Waals surface area contributed by atoms with E-state index in [1.165, 1.54) is 18.2 Å². The highest BCUT2D eigenvalue weighted by Gasteiger charge is 2.24. The number of imidazole rings is 1. The second-order valence-corrected chi connectivity index (χ2v) is 10.9. The van der Waals surface area contributed by atoms with E-state index in [1.54, 1.807) is 48.5 Å². The lowest BCUT2D eigenvalue weighted by Gasteiger charge is -2.18. The van der Waals surface area contributed by atoms with Gasteiger partial charge in [0.1, 0.15) is 0 Å². The number of aromatic nitrogens is 2. The molecule has 41 heavy (non-hydrogen) atoms. The maximum absolute atomic E-state index is 13.1. The molecule has 4 aromatic carbocycles. The highest BCUT2D eigenvalue weighted by molar-refractivity contribution is 7.89. The van der Waals surface area contributed by atoms with Gasteiger partial charge in [0.2, 0.25) is 16.0 Å². The Kier molecular flexibility index (Phi) is 7.68. The van der Waals surface area contributed by atoms with E-state index in [-0.39, 0.29) is 4.90 Å². The third-order valence-electron chi connectivity index (χ3n) is 6.23. The zero-order valence-corrected chi connectivity index (χ0v) is 22.4. The molecule has 0 saturated heterocycles. The Balaban J connectivity index is 1.28. The van der Waals surface area contributed by atoms with Crippen molar-refractivity contribution in [3.8, 4) is 11.1 Å². The van der Waals surface area contributed by atoms with Crippen LogP contribution < -0.4 is 21.1 Å². The number of H-pyrrole nitrogens is 1. The van der Waals surface area contributed by atoms with E-state index in [9.17, 15) is 23.1 Å². The number of hydrogen-bond donors (Lipinski definition) is 6.